The Bertz CT molecular complexity index is 1150. The van der Waals surface area contributed by atoms with Gasteiger partial charge < -0.3 is 40.3 Å². The monoisotopic (exact) mass is 525 g/mol. The molecule has 180 valence electrons. The Labute approximate surface area is 175 Å². The van der Waals surface area contributed by atoms with Crippen LogP contribution in [-0.4, -0.2) is 74.0 Å². The molecule has 2 aromatic rings. The van der Waals surface area contributed by atoms with Crippen LogP contribution in [0, 0.1) is 0 Å². The predicted octanol–water partition coefficient (Wildman–Crippen LogP) is -1.33. The van der Waals surface area contributed by atoms with Crippen molar-refractivity contribution in [3.63, 3.8) is 0 Å². The second kappa shape index (κ2) is 8.41. The lowest BCUT2D eigenvalue weighted by Gasteiger charge is -2.23. The lowest BCUT2D eigenvalue weighted by atomic mass is 10.1. The van der Waals surface area contributed by atoms with Gasteiger partial charge in [-0.05, 0) is 0 Å². The Morgan fingerprint density at radius 1 is 1.16 bits per heavy atom. The maximum Gasteiger partial charge on any atom is 0.490 e. The van der Waals surface area contributed by atoms with Crippen molar-refractivity contribution in [3.05, 3.63) is 12.7 Å². The fourth-order valence-electron chi connectivity index (χ4n) is 2.65. The number of fused-ring (bicyclic) bond motifs is 1. The molecule has 2 unspecified atom stereocenters. The number of halogens is 1. The van der Waals surface area contributed by atoms with E-state index in [4.69, 9.17) is 25.2 Å². The number of phosphoric ester groups is 1. The molecule has 3 heterocycles. The van der Waals surface area contributed by atoms with Crippen molar-refractivity contribution in [3.8, 4) is 0 Å². The van der Waals surface area contributed by atoms with Crippen molar-refractivity contribution in [1.82, 2.24) is 19.5 Å². The summed E-state index contributed by atoms with van der Waals surface area (Å²) in [6.45, 7) is -1.21. The quantitative estimate of drug-likeness (QED) is 0.196. The van der Waals surface area contributed by atoms with E-state index in [0.29, 0.717) is 0 Å². The molecule has 0 aromatic carbocycles. The minimum Gasteiger partial charge on any atom is -0.384 e. The zero-order valence-electron chi connectivity index (χ0n) is 15.2. The number of aliphatic hydroxyl groups excluding tert-OH is 1. The molecule has 3 rings (SSSR count). The number of anilines is 1. The second-order valence-electron chi connectivity index (χ2n) is 6.17. The number of hydrogen-bond acceptors (Lipinski definition) is 13. The molecule has 2 aromatic heterocycles. The van der Waals surface area contributed by atoms with Crippen LogP contribution in [-0.2, 0) is 31.6 Å². The number of phosphoric acid groups is 3. The van der Waals surface area contributed by atoms with E-state index in [0.717, 1.165) is 17.2 Å². The van der Waals surface area contributed by atoms with Gasteiger partial charge in [0.1, 0.15) is 24.1 Å². The second-order valence-corrected chi connectivity index (χ2v) is 10.6. The molecule has 1 saturated heterocycles. The number of hydrogen-bond donors (Lipinski definition) is 7. The maximum absolute atomic E-state index is 14.8. The first-order chi connectivity index (χ1) is 14.5. The molecule has 18 nitrogen and oxygen atoms in total. The predicted molar refractivity (Wildman–Crippen MR) is 95.5 cm³/mol. The van der Waals surface area contributed by atoms with Gasteiger partial charge in [-0.1, -0.05) is 0 Å². The molecule has 22 heteroatoms. The van der Waals surface area contributed by atoms with Crippen LogP contribution in [0.2, 0.25) is 0 Å². The van der Waals surface area contributed by atoms with Crippen LogP contribution in [0.3, 0.4) is 0 Å². The van der Waals surface area contributed by atoms with Crippen LogP contribution >= 0.6 is 23.5 Å². The number of rotatable bonds is 8. The van der Waals surface area contributed by atoms with Gasteiger partial charge in [0.15, 0.2) is 17.7 Å². The fourth-order valence-corrected chi connectivity index (χ4v) is 5.68. The Kier molecular flexibility index (Phi) is 6.62. The van der Waals surface area contributed by atoms with Crippen LogP contribution in [0.15, 0.2) is 12.7 Å². The molecule has 6 atom stereocenters. The third kappa shape index (κ3) is 5.37. The van der Waals surface area contributed by atoms with Crippen molar-refractivity contribution in [2.24, 2.45) is 0 Å². The Balaban J connectivity index is 1.74. The SMILES string of the molecule is Nc1ncnc2c1ncn2[C@@H]1O[C@H](COP(=O)(O)OP(=O)(O)OP(=O)(O)O)[C@@H](O)[C@]1(O)F. The van der Waals surface area contributed by atoms with E-state index in [1.807, 2.05) is 0 Å². The zero-order chi connectivity index (χ0) is 24.1. The molecular weight excluding hydrogens is 510 g/mol. The minimum absolute atomic E-state index is 0.0121. The Morgan fingerprint density at radius 2 is 1.81 bits per heavy atom. The van der Waals surface area contributed by atoms with E-state index < -0.39 is 54.4 Å². The number of nitrogens with zero attached hydrogens (tertiary/aromatic N) is 4. The van der Waals surface area contributed by atoms with Crippen molar-refractivity contribution in [1.29, 1.82) is 0 Å². The van der Waals surface area contributed by atoms with E-state index in [-0.39, 0.29) is 17.0 Å². The topological polar surface area (TPSA) is 279 Å². The number of aliphatic hydroxyl groups is 2. The molecule has 8 N–H and O–H groups in total. The van der Waals surface area contributed by atoms with Crippen LogP contribution in [0.5, 0.6) is 0 Å². The normalized spacial score (nSPS) is 30.3. The van der Waals surface area contributed by atoms with Crippen LogP contribution in [0.25, 0.3) is 11.2 Å². The number of nitrogens with two attached hydrogens (primary N) is 1. The molecule has 1 aliphatic rings. The van der Waals surface area contributed by atoms with Gasteiger partial charge in [-0.25, -0.2) is 33.0 Å². The fraction of sp³-hybridized carbons (Fsp3) is 0.500. The third-order valence-electron chi connectivity index (χ3n) is 3.87. The highest BCUT2D eigenvalue weighted by atomic mass is 31.3. The largest absolute Gasteiger partial charge is 0.490 e. The molecule has 32 heavy (non-hydrogen) atoms. The maximum atomic E-state index is 14.8. The molecule has 0 aliphatic carbocycles. The van der Waals surface area contributed by atoms with Gasteiger partial charge in [-0.15, -0.1) is 0 Å². The third-order valence-corrected chi connectivity index (χ3v) is 7.68. The molecule has 1 fully saturated rings. The molecule has 1 aliphatic heterocycles. The van der Waals surface area contributed by atoms with E-state index in [2.05, 4.69) is 28.1 Å². The van der Waals surface area contributed by atoms with Crippen molar-refractivity contribution < 1.29 is 65.8 Å². The van der Waals surface area contributed by atoms with Gasteiger partial charge in [0.25, 0.3) is 5.85 Å². The summed E-state index contributed by atoms with van der Waals surface area (Å²) in [5.41, 5.74) is 5.52. The van der Waals surface area contributed by atoms with E-state index in [1.165, 1.54) is 0 Å². The van der Waals surface area contributed by atoms with Crippen LogP contribution in [0.1, 0.15) is 6.23 Å². The minimum atomic E-state index is -5.79. The molecule has 0 spiro atoms. The highest BCUT2D eigenvalue weighted by molar-refractivity contribution is 7.66. The average molecular weight is 525 g/mol. The van der Waals surface area contributed by atoms with Crippen molar-refractivity contribution >= 4 is 40.4 Å². The van der Waals surface area contributed by atoms with E-state index in [1.54, 1.807) is 0 Å². The summed E-state index contributed by atoms with van der Waals surface area (Å²) in [5, 5.41) is 20.1. The lowest BCUT2D eigenvalue weighted by Crippen LogP contribution is -2.43. The summed E-state index contributed by atoms with van der Waals surface area (Å²) in [7, 11) is -17.0. The summed E-state index contributed by atoms with van der Waals surface area (Å²) in [5.74, 6) is -3.60. The molecule has 0 bridgehead atoms. The molecule has 0 amide bonds. The van der Waals surface area contributed by atoms with Crippen LogP contribution in [0.4, 0.5) is 10.2 Å². The number of nitrogen functional groups attached to an aromatic ring is 1. The van der Waals surface area contributed by atoms with Gasteiger partial charge in [0, 0.05) is 0 Å². The number of alkyl halides is 1. The van der Waals surface area contributed by atoms with Gasteiger partial charge in [-0.2, -0.15) is 8.62 Å². The summed E-state index contributed by atoms with van der Waals surface area (Å²) < 4.78 is 65.8. The number of aromatic nitrogens is 4. The first-order valence-electron chi connectivity index (χ1n) is 7.98. The van der Waals surface area contributed by atoms with Crippen molar-refractivity contribution in [2.45, 2.75) is 24.3 Å². The standard InChI is InChI=1S/C10H15FN5O13P3/c11-10(18)6(17)4(1-26-31(22,23)29-32(24,25)28-30(19,20)21)27-9(10)16-3-15-5-7(12)13-2-14-8(5)16/h2-4,6,9,17-18H,1H2,(H,22,23)(H,24,25)(H2,12,13,14)(H2,19,20,21)/t4-,6-,9-,10-/m1/s1. The number of ether oxygens (including phenoxy) is 1. The number of imidazole rings is 1. The molecular formula is C10H15FN5O13P3. The van der Waals surface area contributed by atoms with Gasteiger partial charge >= 0.3 is 23.5 Å². The van der Waals surface area contributed by atoms with E-state index >= 15 is 0 Å². The molecule has 0 saturated carbocycles. The Hall–Kier alpha value is -1.43. The first-order valence-corrected chi connectivity index (χ1v) is 12.5. The summed E-state index contributed by atoms with van der Waals surface area (Å²) in [6, 6.07) is 0. The highest BCUT2D eigenvalue weighted by Crippen LogP contribution is 2.66. The lowest BCUT2D eigenvalue weighted by molar-refractivity contribution is -0.195. The van der Waals surface area contributed by atoms with Gasteiger partial charge in [0.05, 0.1) is 12.9 Å². The first kappa shape index (κ1) is 25.2. The average Bonchev–Trinajstić information content (AvgIpc) is 3.11. The zero-order valence-corrected chi connectivity index (χ0v) is 17.9. The summed E-state index contributed by atoms with van der Waals surface area (Å²) in [6.07, 6.45) is -4.30. The highest BCUT2D eigenvalue weighted by Gasteiger charge is 2.58. The van der Waals surface area contributed by atoms with Crippen LogP contribution < -0.4 is 5.73 Å². The van der Waals surface area contributed by atoms with Gasteiger partial charge in [-0.3, -0.25) is 9.09 Å². The molecule has 0 radical (unpaired) electrons. The smallest absolute Gasteiger partial charge is 0.384 e. The van der Waals surface area contributed by atoms with E-state index in [9.17, 15) is 33.2 Å². The van der Waals surface area contributed by atoms with Crippen molar-refractivity contribution in [2.75, 3.05) is 12.3 Å². The van der Waals surface area contributed by atoms with Gasteiger partial charge in [0.2, 0.25) is 0 Å². The Morgan fingerprint density at radius 3 is 2.44 bits per heavy atom. The summed E-state index contributed by atoms with van der Waals surface area (Å²) in [4.78, 5) is 46.8. The summed E-state index contributed by atoms with van der Waals surface area (Å²) >= 11 is 0.